The molecule has 0 aromatic heterocycles. The van der Waals surface area contributed by atoms with Gasteiger partial charge in [-0.1, -0.05) is 19.8 Å². The normalized spacial score (nSPS) is 30.5. The third kappa shape index (κ3) is 1.38. The second-order valence-corrected chi connectivity index (χ2v) is 4.42. The molecule has 2 rings (SSSR count). The molecule has 1 N–H and O–H groups in total. The number of nitrogens with zero attached hydrogens (tertiary/aromatic N) is 1. The first kappa shape index (κ1) is 8.52. The molecule has 2 nitrogen and oxygen atoms in total. The van der Waals surface area contributed by atoms with Gasteiger partial charge in [-0.25, -0.2) is 0 Å². The molecule has 1 saturated carbocycles. The lowest BCUT2D eigenvalue weighted by Gasteiger charge is -2.49. The Morgan fingerprint density at radius 1 is 1.33 bits per heavy atom. The fourth-order valence-electron chi connectivity index (χ4n) is 2.46. The molecule has 1 aliphatic carbocycles. The Hall–Kier alpha value is -0.0800. The fourth-order valence-corrected chi connectivity index (χ4v) is 2.46. The van der Waals surface area contributed by atoms with Crippen molar-refractivity contribution in [2.45, 2.75) is 50.7 Å². The van der Waals surface area contributed by atoms with Crippen LogP contribution >= 0.6 is 0 Å². The summed E-state index contributed by atoms with van der Waals surface area (Å²) in [4.78, 5) is 2.45. The summed E-state index contributed by atoms with van der Waals surface area (Å²) in [6, 6.07) is 0.803. The smallest absolute Gasteiger partial charge is 0.0897 e. The van der Waals surface area contributed by atoms with Crippen LogP contribution in [0.3, 0.4) is 0 Å². The van der Waals surface area contributed by atoms with Crippen molar-refractivity contribution >= 4 is 0 Å². The number of rotatable bonds is 2. The van der Waals surface area contributed by atoms with Crippen molar-refractivity contribution in [1.82, 2.24) is 4.90 Å². The average Bonchev–Trinajstić information content (AvgIpc) is 2.50. The van der Waals surface area contributed by atoms with Crippen molar-refractivity contribution in [3.63, 3.8) is 0 Å². The summed E-state index contributed by atoms with van der Waals surface area (Å²) in [5.74, 6) is 0. The van der Waals surface area contributed by atoms with Crippen LogP contribution in [0.4, 0.5) is 0 Å². The number of hydrogen-bond donors (Lipinski definition) is 1. The van der Waals surface area contributed by atoms with Crippen LogP contribution < -0.4 is 0 Å². The van der Waals surface area contributed by atoms with Gasteiger partial charge in [0.25, 0.3) is 0 Å². The third-order valence-corrected chi connectivity index (χ3v) is 3.49. The van der Waals surface area contributed by atoms with Crippen molar-refractivity contribution in [3.05, 3.63) is 0 Å². The molecule has 1 saturated heterocycles. The highest BCUT2D eigenvalue weighted by molar-refractivity contribution is 4.98. The quantitative estimate of drug-likeness (QED) is 0.675. The van der Waals surface area contributed by atoms with Crippen LogP contribution in [0.25, 0.3) is 0 Å². The van der Waals surface area contributed by atoms with E-state index in [0.29, 0.717) is 0 Å². The molecule has 0 aromatic carbocycles. The van der Waals surface area contributed by atoms with Gasteiger partial charge < -0.3 is 5.11 Å². The molecule has 0 aromatic rings. The third-order valence-electron chi connectivity index (χ3n) is 3.49. The van der Waals surface area contributed by atoms with E-state index in [1.54, 1.807) is 0 Å². The van der Waals surface area contributed by atoms with E-state index in [1.165, 1.54) is 25.7 Å². The lowest BCUT2D eigenvalue weighted by molar-refractivity contribution is -0.115. The van der Waals surface area contributed by atoms with E-state index in [-0.39, 0.29) is 5.60 Å². The largest absolute Gasteiger partial charge is 0.387 e. The Morgan fingerprint density at radius 2 is 1.92 bits per heavy atom. The Kier molecular flexibility index (Phi) is 2.13. The molecule has 2 fully saturated rings. The summed E-state index contributed by atoms with van der Waals surface area (Å²) in [6.07, 6.45) is 6.42. The van der Waals surface area contributed by atoms with Gasteiger partial charge in [0.1, 0.15) is 0 Å². The molecule has 0 radical (unpaired) electrons. The topological polar surface area (TPSA) is 23.5 Å². The molecule has 12 heavy (non-hydrogen) atoms. The van der Waals surface area contributed by atoms with Crippen LogP contribution in [0.1, 0.15) is 39.0 Å². The maximum absolute atomic E-state index is 9.81. The van der Waals surface area contributed by atoms with Crippen LogP contribution in [0, 0.1) is 0 Å². The Balaban J connectivity index is 1.80. The first-order valence-electron chi connectivity index (χ1n) is 5.20. The summed E-state index contributed by atoms with van der Waals surface area (Å²) in [5, 5.41) is 9.81. The molecule has 1 aliphatic heterocycles. The van der Waals surface area contributed by atoms with E-state index in [2.05, 4.69) is 11.8 Å². The van der Waals surface area contributed by atoms with Gasteiger partial charge in [-0.05, 0) is 19.3 Å². The maximum atomic E-state index is 9.81. The van der Waals surface area contributed by atoms with Crippen molar-refractivity contribution in [2.24, 2.45) is 0 Å². The minimum absolute atomic E-state index is 0.331. The first-order valence-corrected chi connectivity index (χ1v) is 5.20. The number of likely N-dealkylation sites (tertiary alicyclic amines) is 1. The summed E-state index contributed by atoms with van der Waals surface area (Å²) < 4.78 is 0. The Morgan fingerprint density at radius 3 is 2.42 bits per heavy atom. The molecule has 0 spiro atoms. The predicted molar refractivity (Wildman–Crippen MR) is 49.1 cm³/mol. The Bertz CT molecular complexity index is 157. The Labute approximate surface area is 74.6 Å². The van der Waals surface area contributed by atoms with E-state index in [1.807, 2.05) is 0 Å². The van der Waals surface area contributed by atoms with E-state index in [9.17, 15) is 5.11 Å². The van der Waals surface area contributed by atoms with E-state index in [4.69, 9.17) is 0 Å². The second kappa shape index (κ2) is 3.00. The zero-order chi connectivity index (χ0) is 8.60. The van der Waals surface area contributed by atoms with Crippen molar-refractivity contribution in [2.75, 3.05) is 13.1 Å². The molecular formula is C10H19NO. The summed E-state index contributed by atoms with van der Waals surface area (Å²) >= 11 is 0. The first-order chi connectivity index (χ1) is 5.73. The monoisotopic (exact) mass is 169 g/mol. The summed E-state index contributed by atoms with van der Waals surface area (Å²) in [7, 11) is 0. The maximum Gasteiger partial charge on any atom is 0.0897 e. The van der Waals surface area contributed by atoms with Gasteiger partial charge in [0.2, 0.25) is 0 Å². The van der Waals surface area contributed by atoms with Crippen molar-refractivity contribution in [1.29, 1.82) is 0 Å². The van der Waals surface area contributed by atoms with Gasteiger partial charge in [0.15, 0.2) is 0 Å². The van der Waals surface area contributed by atoms with Crippen LogP contribution in [-0.2, 0) is 0 Å². The van der Waals surface area contributed by atoms with Gasteiger partial charge in [0, 0.05) is 19.1 Å². The van der Waals surface area contributed by atoms with Crippen LogP contribution in [0.2, 0.25) is 0 Å². The van der Waals surface area contributed by atoms with Gasteiger partial charge in [-0.2, -0.15) is 0 Å². The number of β-amino-alcohol motifs (C(OH)–C–C–N with tert-alkyl or cyclic N) is 1. The van der Waals surface area contributed by atoms with E-state index < -0.39 is 0 Å². The molecular weight excluding hydrogens is 150 g/mol. The van der Waals surface area contributed by atoms with Crippen LogP contribution in [-0.4, -0.2) is 34.7 Å². The SMILES string of the molecule is CCC1(O)CN(C2CCCC2)C1. The highest BCUT2D eigenvalue weighted by atomic mass is 16.3. The minimum Gasteiger partial charge on any atom is -0.387 e. The molecule has 0 atom stereocenters. The van der Waals surface area contributed by atoms with E-state index in [0.717, 1.165) is 25.6 Å². The second-order valence-electron chi connectivity index (χ2n) is 4.42. The molecule has 0 unspecified atom stereocenters. The molecule has 1 heterocycles. The molecule has 2 heteroatoms. The predicted octanol–water partition coefficient (Wildman–Crippen LogP) is 1.39. The summed E-state index contributed by atoms with van der Waals surface area (Å²) in [6.45, 7) is 3.92. The van der Waals surface area contributed by atoms with Crippen LogP contribution in [0.5, 0.6) is 0 Å². The van der Waals surface area contributed by atoms with Gasteiger partial charge in [-0.15, -0.1) is 0 Å². The molecule has 2 aliphatic rings. The van der Waals surface area contributed by atoms with Gasteiger partial charge in [0.05, 0.1) is 5.60 Å². The van der Waals surface area contributed by atoms with Crippen molar-refractivity contribution in [3.8, 4) is 0 Å². The highest BCUT2D eigenvalue weighted by Gasteiger charge is 2.42. The zero-order valence-corrected chi connectivity index (χ0v) is 7.92. The fraction of sp³-hybridized carbons (Fsp3) is 1.00. The molecule has 0 bridgehead atoms. The zero-order valence-electron chi connectivity index (χ0n) is 7.92. The average molecular weight is 169 g/mol. The standard InChI is InChI=1S/C10H19NO/c1-2-10(12)7-11(8-10)9-5-3-4-6-9/h9,12H,2-8H2,1H3. The van der Waals surface area contributed by atoms with Gasteiger partial charge >= 0.3 is 0 Å². The minimum atomic E-state index is -0.331. The highest BCUT2D eigenvalue weighted by Crippen LogP contribution is 2.32. The summed E-state index contributed by atoms with van der Waals surface area (Å²) in [5.41, 5.74) is -0.331. The van der Waals surface area contributed by atoms with E-state index >= 15 is 0 Å². The number of aliphatic hydroxyl groups is 1. The van der Waals surface area contributed by atoms with Crippen LogP contribution in [0.15, 0.2) is 0 Å². The molecule has 0 amide bonds. The lowest BCUT2D eigenvalue weighted by atomic mass is 9.89. The lowest BCUT2D eigenvalue weighted by Crippen LogP contribution is -2.63. The van der Waals surface area contributed by atoms with Gasteiger partial charge in [-0.3, -0.25) is 4.90 Å². The van der Waals surface area contributed by atoms with Crippen molar-refractivity contribution < 1.29 is 5.11 Å². The number of hydrogen-bond acceptors (Lipinski definition) is 2. The molecule has 70 valence electrons.